The minimum atomic E-state index is 0.809. The zero-order valence-corrected chi connectivity index (χ0v) is 14.2. The summed E-state index contributed by atoms with van der Waals surface area (Å²) in [7, 11) is 0. The van der Waals surface area contributed by atoms with Crippen molar-refractivity contribution in [1.29, 1.82) is 0 Å². The number of pyridine rings is 1. The molecular formula is C22H19N3. The molecule has 3 nitrogen and oxygen atoms in total. The summed E-state index contributed by atoms with van der Waals surface area (Å²) in [6, 6.07) is 20.8. The van der Waals surface area contributed by atoms with Gasteiger partial charge < -0.3 is 0 Å². The molecule has 0 aliphatic carbocycles. The molecule has 4 rings (SSSR count). The SMILES string of the molecule is C=C(C)c1ccnn1-c1ccccc1Cc1cnc2ccccc2c1. The van der Waals surface area contributed by atoms with Gasteiger partial charge in [0.25, 0.3) is 0 Å². The van der Waals surface area contributed by atoms with E-state index in [0.717, 1.165) is 28.9 Å². The zero-order chi connectivity index (χ0) is 17.2. The number of fused-ring (bicyclic) bond motifs is 1. The summed E-state index contributed by atoms with van der Waals surface area (Å²) in [6.07, 6.45) is 4.59. The van der Waals surface area contributed by atoms with Crippen molar-refractivity contribution in [3.63, 3.8) is 0 Å². The molecule has 25 heavy (non-hydrogen) atoms. The van der Waals surface area contributed by atoms with Gasteiger partial charge in [0.2, 0.25) is 0 Å². The minimum absolute atomic E-state index is 0.809. The van der Waals surface area contributed by atoms with Crippen molar-refractivity contribution in [2.45, 2.75) is 13.3 Å². The number of nitrogens with zero attached hydrogens (tertiary/aromatic N) is 3. The van der Waals surface area contributed by atoms with E-state index in [2.05, 4.69) is 47.0 Å². The summed E-state index contributed by atoms with van der Waals surface area (Å²) >= 11 is 0. The Hall–Kier alpha value is -3.20. The topological polar surface area (TPSA) is 30.7 Å². The molecule has 0 unspecified atom stereocenters. The molecule has 4 aromatic rings. The lowest BCUT2D eigenvalue weighted by atomic mass is 10.0. The van der Waals surface area contributed by atoms with Crippen LogP contribution in [0.4, 0.5) is 0 Å². The van der Waals surface area contributed by atoms with Crippen molar-refractivity contribution in [3.05, 3.63) is 96.5 Å². The van der Waals surface area contributed by atoms with E-state index in [-0.39, 0.29) is 0 Å². The second-order valence-corrected chi connectivity index (χ2v) is 6.25. The third-order valence-corrected chi connectivity index (χ3v) is 4.34. The van der Waals surface area contributed by atoms with Gasteiger partial charge in [-0.15, -0.1) is 0 Å². The van der Waals surface area contributed by atoms with Gasteiger partial charge in [-0.25, -0.2) is 4.68 Å². The standard InChI is InChI=1S/C22H19N3/c1-16(2)21-11-12-24-25(21)22-10-6-4-8-19(22)14-17-13-18-7-3-5-9-20(18)23-15-17/h3-13,15H,1,14H2,2H3. The van der Waals surface area contributed by atoms with E-state index in [4.69, 9.17) is 0 Å². The zero-order valence-electron chi connectivity index (χ0n) is 14.2. The largest absolute Gasteiger partial charge is 0.256 e. The molecule has 0 bridgehead atoms. The van der Waals surface area contributed by atoms with Crippen LogP contribution < -0.4 is 0 Å². The van der Waals surface area contributed by atoms with Gasteiger partial charge in [0.1, 0.15) is 0 Å². The molecule has 0 fully saturated rings. The van der Waals surface area contributed by atoms with Crippen LogP contribution in [0.2, 0.25) is 0 Å². The molecule has 0 aliphatic heterocycles. The van der Waals surface area contributed by atoms with Crippen molar-refractivity contribution in [2.24, 2.45) is 0 Å². The van der Waals surface area contributed by atoms with Crippen molar-refractivity contribution < 1.29 is 0 Å². The van der Waals surface area contributed by atoms with Crippen molar-refractivity contribution in [1.82, 2.24) is 14.8 Å². The molecule has 122 valence electrons. The van der Waals surface area contributed by atoms with Crippen LogP contribution in [0.15, 0.2) is 79.6 Å². The van der Waals surface area contributed by atoms with Crippen LogP contribution in [-0.4, -0.2) is 14.8 Å². The molecule has 3 heteroatoms. The summed E-state index contributed by atoms with van der Waals surface area (Å²) in [4.78, 5) is 4.58. The molecule has 0 spiro atoms. The van der Waals surface area contributed by atoms with Gasteiger partial charge in [0.05, 0.1) is 23.1 Å². The molecule has 2 aromatic heterocycles. The first-order valence-electron chi connectivity index (χ1n) is 8.34. The molecule has 0 aliphatic rings. The van der Waals surface area contributed by atoms with E-state index in [0.29, 0.717) is 0 Å². The van der Waals surface area contributed by atoms with E-state index >= 15 is 0 Å². The van der Waals surface area contributed by atoms with Crippen LogP contribution in [0.1, 0.15) is 23.7 Å². The van der Waals surface area contributed by atoms with Crippen molar-refractivity contribution >= 4 is 16.5 Å². The number of aromatic nitrogens is 3. The number of hydrogen-bond acceptors (Lipinski definition) is 2. The lowest BCUT2D eigenvalue weighted by molar-refractivity contribution is 0.853. The summed E-state index contributed by atoms with van der Waals surface area (Å²) in [6.45, 7) is 6.06. The Bertz CT molecular complexity index is 1060. The maximum Gasteiger partial charge on any atom is 0.0702 e. The molecule has 0 radical (unpaired) electrons. The van der Waals surface area contributed by atoms with Crippen LogP contribution in [0.5, 0.6) is 0 Å². The fourth-order valence-electron chi connectivity index (χ4n) is 3.12. The van der Waals surface area contributed by atoms with Crippen LogP contribution >= 0.6 is 0 Å². The van der Waals surface area contributed by atoms with Gasteiger partial charge >= 0.3 is 0 Å². The molecule has 0 saturated carbocycles. The molecule has 2 aromatic carbocycles. The highest BCUT2D eigenvalue weighted by Crippen LogP contribution is 2.23. The summed E-state index contributed by atoms with van der Waals surface area (Å²) < 4.78 is 1.96. The Kier molecular flexibility index (Phi) is 3.90. The van der Waals surface area contributed by atoms with E-state index in [9.17, 15) is 0 Å². The molecule has 0 N–H and O–H groups in total. The highest BCUT2D eigenvalue weighted by atomic mass is 15.3. The van der Waals surface area contributed by atoms with E-state index in [1.807, 2.05) is 54.3 Å². The van der Waals surface area contributed by atoms with Crippen LogP contribution in [0.25, 0.3) is 22.2 Å². The van der Waals surface area contributed by atoms with Gasteiger partial charge in [0.15, 0.2) is 0 Å². The number of benzene rings is 2. The molecule has 0 atom stereocenters. The summed E-state index contributed by atoms with van der Waals surface area (Å²) in [5, 5.41) is 5.67. The van der Waals surface area contributed by atoms with Crippen LogP contribution in [0, 0.1) is 0 Å². The third kappa shape index (κ3) is 2.96. The molecule has 2 heterocycles. The Morgan fingerprint density at radius 2 is 1.84 bits per heavy atom. The predicted molar refractivity (Wildman–Crippen MR) is 103 cm³/mol. The number of rotatable bonds is 4. The maximum absolute atomic E-state index is 4.58. The fraction of sp³-hybridized carbons (Fsp3) is 0.0909. The lowest BCUT2D eigenvalue weighted by Gasteiger charge is -2.13. The highest BCUT2D eigenvalue weighted by Gasteiger charge is 2.10. The van der Waals surface area contributed by atoms with Gasteiger partial charge in [0, 0.05) is 18.0 Å². The average molecular weight is 325 g/mol. The molecular weight excluding hydrogens is 306 g/mol. The van der Waals surface area contributed by atoms with E-state index < -0.39 is 0 Å². The Balaban J connectivity index is 1.76. The Labute approximate surface area is 147 Å². The highest BCUT2D eigenvalue weighted by molar-refractivity contribution is 5.78. The number of para-hydroxylation sites is 2. The summed E-state index contributed by atoms with van der Waals surface area (Å²) in [5.41, 5.74) is 6.54. The predicted octanol–water partition coefficient (Wildman–Crippen LogP) is 5.04. The lowest BCUT2D eigenvalue weighted by Crippen LogP contribution is -2.05. The van der Waals surface area contributed by atoms with E-state index in [1.54, 1.807) is 0 Å². The molecule has 0 amide bonds. The second-order valence-electron chi connectivity index (χ2n) is 6.25. The smallest absolute Gasteiger partial charge is 0.0702 e. The minimum Gasteiger partial charge on any atom is -0.256 e. The average Bonchev–Trinajstić information content (AvgIpc) is 3.12. The van der Waals surface area contributed by atoms with Gasteiger partial charge in [-0.2, -0.15) is 5.10 Å². The second kappa shape index (κ2) is 6.36. The summed E-state index contributed by atoms with van der Waals surface area (Å²) in [5.74, 6) is 0. The maximum atomic E-state index is 4.58. The van der Waals surface area contributed by atoms with Gasteiger partial charge in [-0.05, 0) is 47.9 Å². The Morgan fingerprint density at radius 1 is 1.04 bits per heavy atom. The quantitative estimate of drug-likeness (QED) is 0.526. The van der Waals surface area contributed by atoms with Crippen molar-refractivity contribution in [2.75, 3.05) is 0 Å². The monoisotopic (exact) mass is 325 g/mol. The Morgan fingerprint density at radius 3 is 2.72 bits per heavy atom. The third-order valence-electron chi connectivity index (χ3n) is 4.34. The number of allylic oxidation sites excluding steroid dienone is 1. The first-order chi connectivity index (χ1) is 12.2. The van der Waals surface area contributed by atoms with Crippen molar-refractivity contribution in [3.8, 4) is 5.69 Å². The molecule has 0 saturated heterocycles. The van der Waals surface area contributed by atoms with Crippen LogP contribution in [0.3, 0.4) is 0 Å². The normalized spacial score (nSPS) is 10.9. The van der Waals surface area contributed by atoms with Gasteiger partial charge in [-0.1, -0.05) is 43.0 Å². The first kappa shape index (κ1) is 15.3. The van der Waals surface area contributed by atoms with Gasteiger partial charge in [-0.3, -0.25) is 4.98 Å². The van der Waals surface area contributed by atoms with E-state index in [1.165, 1.54) is 16.5 Å². The van der Waals surface area contributed by atoms with Crippen LogP contribution in [-0.2, 0) is 6.42 Å². The first-order valence-corrected chi connectivity index (χ1v) is 8.34. The fourth-order valence-corrected chi connectivity index (χ4v) is 3.12. The number of hydrogen-bond donors (Lipinski definition) is 0.